The van der Waals surface area contributed by atoms with Gasteiger partial charge in [0.05, 0.1) is 13.2 Å². The van der Waals surface area contributed by atoms with E-state index < -0.39 is 36.9 Å². The predicted octanol–water partition coefficient (Wildman–Crippen LogP) is -3.32. The highest BCUT2D eigenvalue weighted by Crippen LogP contribution is 2.05. The summed E-state index contributed by atoms with van der Waals surface area (Å²) in [4.78, 5) is 11.3. The number of aliphatic hydroxyl groups excluding tert-OH is 5. The van der Waals surface area contributed by atoms with Crippen LogP contribution in [0.25, 0.3) is 0 Å². The fraction of sp³-hybridized carbons (Fsp3) is 0.875. The third-order valence-corrected chi connectivity index (χ3v) is 2.33. The Balaban J connectivity index is 4.11. The van der Waals surface area contributed by atoms with E-state index in [1.807, 2.05) is 0 Å². The van der Waals surface area contributed by atoms with Crippen LogP contribution in [0.1, 0.15) is 0 Å². The van der Waals surface area contributed by atoms with Crippen LogP contribution in [0.5, 0.6) is 0 Å². The van der Waals surface area contributed by atoms with E-state index in [4.69, 9.17) is 14.8 Å². The fourth-order valence-corrected chi connectivity index (χ4v) is 1.19. The Bertz CT molecular complexity index is 243. The van der Waals surface area contributed by atoms with Crippen molar-refractivity contribution in [3.8, 4) is 0 Å². The SMILES string of the molecule is O=C(NCCOSO)C(O)C(O)C(O)C(O)CO. The molecule has 4 atom stereocenters. The van der Waals surface area contributed by atoms with E-state index in [0.717, 1.165) is 0 Å². The molecule has 7 N–H and O–H groups in total. The maximum atomic E-state index is 11.3. The minimum atomic E-state index is -1.97. The molecule has 10 heteroatoms. The zero-order valence-electron chi connectivity index (χ0n) is 9.34. The van der Waals surface area contributed by atoms with Crippen molar-refractivity contribution in [2.75, 3.05) is 19.8 Å². The van der Waals surface area contributed by atoms with Crippen LogP contribution < -0.4 is 5.32 Å². The molecule has 0 aromatic rings. The third kappa shape index (κ3) is 5.93. The van der Waals surface area contributed by atoms with Gasteiger partial charge in [-0.05, 0) is 0 Å². The molecular formula is C8H17NO8S. The number of aliphatic hydroxyl groups is 5. The van der Waals surface area contributed by atoms with Crippen LogP contribution in [-0.2, 0) is 8.98 Å². The van der Waals surface area contributed by atoms with Crippen LogP contribution >= 0.6 is 12.3 Å². The highest BCUT2D eigenvalue weighted by atomic mass is 32.2. The molecule has 0 fully saturated rings. The number of hydrogen-bond donors (Lipinski definition) is 7. The van der Waals surface area contributed by atoms with Gasteiger partial charge in [0.2, 0.25) is 0 Å². The highest BCUT2D eigenvalue weighted by molar-refractivity contribution is 7.88. The largest absolute Gasteiger partial charge is 0.394 e. The van der Waals surface area contributed by atoms with E-state index in [0.29, 0.717) is 0 Å². The highest BCUT2D eigenvalue weighted by Gasteiger charge is 2.33. The molecule has 108 valence electrons. The number of carbonyl (C=O) groups excluding carboxylic acids is 1. The molecule has 0 aromatic heterocycles. The van der Waals surface area contributed by atoms with Gasteiger partial charge in [-0.15, -0.1) is 0 Å². The Labute approximate surface area is 107 Å². The molecule has 0 aliphatic rings. The molecular weight excluding hydrogens is 270 g/mol. The fourth-order valence-electron chi connectivity index (χ4n) is 1.04. The summed E-state index contributed by atoms with van der Waals surface area (Å²) in [5, 5.41) is 47.7. The first-order valence-corrected chi connectivity index (χ1v) is 5.69. The van der Waals surface area contributed by atoms with E-state index in [1.165, 1.54) is 0 Å². The summed E-state index contributed by atoms with van der Waals surface area (Å²) in [6.45, 7) is -0.888. The normalized spacial score (nSPS) is 17.9. The molecule has 0 saturated heterocycles. The molecule has 9 nitrogen and oxygen atoms in total. The van der Waals surface area contributed by atoms with Gasteiger partial charge in [-0.3, -0.25) is 8.98 Å². The number of hydrogen-bond acceptors (Lipinski definition) is 9. The maximum absolute atomic E-state index is 11.3. The van der Waals surface area contributed by atoms with Gasteiger partial charge >= 0.3 is 0 Å². The second-order valence-corrected chi connectivity index (χ2v) is 3.75. The smallest absolute Gasteiger partial charge is 0.251 e. The molecule has 0 radical (unpaired) electrons. The number of rotatable bonds is 9. The first-order chi connectivity index (χ1) is 8.45. The van der Waals surface area contributed by atoms with E-state index in [1.54, 1.807) is 0 Å². The summed E-state index contributed by atoms with van der Waals surface area (Å²) in [5.41, 5.74) is 0. The Morgan fingerprint density at radius 1 is 1.22 bits per heavy atom. The lowest BCUT2D eigenvalue weighted by molar-refractivity contribution is -0.149. The second kappa shape index (κ2) is 9.47. The van der Waals surface area contributed by atoms with Gasteiger partial charge in [0, 0.05) is 6.54 Å². The van der Waals surface area contributed by atoms with Crippen molar-refractivity contribution in [2.45, 2.75) is 24.4 Å². The van der Waals surface area contributed by atoms with E-state index in [-0.39, 0.29) is 25.5 Å². The lowest BCUT2D eigenvalue weighted by Crippen LogP contribution is -2.51. The van der Waals surface area contributed by atoms with E-state index >= 15 is 0 Å². The van der Waals surface area contributed by atoms with Crippen molar-refractivity contribution in [1.82, 2.24) is 5.32 Å². The molecule has 0 aliphatic carbocycles. The van der Waals surface area contributed by atoms with Crippen LogP contribution in [0.3, 0.4) is 0 Å². The van der Waals surface area contributed by atoms with Gasteiger partial charge in [0.15, 0.2) is 18.4 Å². The predicted molar refractivity (Wildman–Crippen MR) is 60.3 cm³/mol. The summed E-state index contributed by atoms with van der Waals surface area (Å²) in [6, 6.07) is 0. The quantitative estimate of drug-likeness (QED) is 0.170. The van der Waals surface area contributed by atoms with Gasteiger partial charge in [0.25, 0.3) is 5.91 Å². The van der Waals surface area contributed by atoms with Gasteiger partial charge in [-0.25, -0.2) is 0 Å². The lowest BCUT2D eigenvalue weighted by atomic mass is 10.0. The summed E-state index contributed by atoms with van der Waals surface area (Å²) in [6.07, 6.45) is -7.44. The van der Waals surface area contributed by atoms with Crippen molar-refractivity contribution < 1.29 is 39.1 Å². The molecule has 0 saturated carbocycles. The Kier molecular flexibility index (Phi) is 9.23. The standard InChI is InChI=1S/C8H17NO8S/c10-3-4(11)5(12)6(13)7(14)8(15)9-1-2-17-18-16/h4-7,10-14,16H,1-3H2,(H,9,15). The van der Waals surface area contributed by atoms with Crippen molar-refractivity contribution >= 4 is 18.2 Å². The Hall–Kier alpha value is -0.460. The molecule has 1 amide bonds. The lowest BCUT2D eigenvalue weighted by Gasteiger charge is -2.24. The number of amides is 1. The monoisotopic (exact) mass is 287 g/mol. The number of carbonyl (C=O) groups is 1. The Morgan fingerprint density at radius 3 is 2.33 bits per heavy atom. The Morgan fingerprint density at radius 2 is 1.83 bits per heavy atom. The average Bonchev–Trinajstić information content (AvgIpc) is 2.39. The summed E-state index contributed by atoms with van der Waals surface area (Å²) in [5.74, 6) is -0.988. The number of nitrogens with one attached hydrogen (secondary N) is 1. The molecule has 18 heavy (non-hydrogen) atoms. The summed E-state index contributed by atoms with van der Waals surface area (Å²) in [7, 11) is 0. The van der Waals surface area contributed by atoms with Crippen LogP contribution in [0, 0.1) is 0 Å². The van der Waals surface area contributed by atoms with Crippen molar-refractivity contribution in [2.24, 2.45) is 0 Å². The zero-order chi connectivity index (χ0) is 14.1. The molecule has 0 rings (SSSR count). The van der Waals surface area contributed by atoms with Gasteiger partial charge in [0.1, 0.15) is 18.3 Å². The molecule has 0 heterocycles. The summed E-state index contributed by atoms with van der Waals surface area (Å²) >= 11 is 0.116. The van der Waals surface area contributed by atoms with Crippen LogP contribution in [0.15, 0.2) is 0 Å². The molecule has 4 unspecified atom stereocenters. The van der Waals surface area contributed by atoms with Crippen molar-refractivity contribution in [3.05, 3.63) is 0 Å². The third-order valence-electron chi connectivity index (χ3n) is 2.06. The van der Waals surface area contributed by atoms with Crippen LogP contribution in [0.2, 0.25) is 0 Å². The average molecular weight is 287 g/mol. The summed E-state index contributed by atoms with van der Waals surface area (Å²) < 4.78 is 12.6. The minimum Gasteiger partial charge on any atom is -0.394 e. The van der Waals surface area contributed by atoms with Crippen molar-refractivity contribution in [1.29, 1.82) is 0 Å². The van der Waals surface area contributed by atoms with Gasteiger partial charge < -0.3 is 35.4 Å². The first-order valence-electron chi connectivity index (χ1n) is 4.99. The zero-order valence-corrected chi connectivity index (χ0v) is 10.2. The topological polar surface area (TPSA) is 160 Å². The van der Waals surface area contributed by atoms with Gasteiger partial charge in [-0.1, -0.05) is 0 Å². The van der Waals surface area contributed by atoms with Crippen molar-refractivity contribution in [3.63, 3.8) is 0 Å². The van der Waals surface area contributed by atoms with Crippen LogP contribution in [0.4, 0.5) is 0 Å². The molecule has 0 aromatic carbocycles. The second-order valence-electron chi connectivity index (χ2n) is 3.36. The molecule has 0 aliphatic heterocycles. The molecule has 0 bridgehead atoms. The van der Waals surface area contributed by atoms with Gasteiger partial charge in [-0.2, -0.15) is 0 Å². The maximum Gasteiger partial charge on any atom is 0.251 e. The minimum absolute atomic E-state index is 0.0302. The molecule has 0 spiro atoms. The van der Waals surface area contributed by atoms with Crippen LogP contribution in [-0.4, -0.2) is 80.2 Å². The first kappa shape index (κ1) is 17.5. The van der Waals surface area contributed by atoms with E-state index in [9.17, 15) is 20.1 Å². The van der Waals surface area contributed by atoms with E-state index in [2.05, 4.69) is 9.50 Å².